The predicted molar refractivity (Wildman–Crippen MR) is 129 cm³/mol. The zero-order chi connectivity index (χ0) is 22.9. The van der Waals surface area contributed by atoms with Gasteiger partial charge in [0.05, 0.1) is 17.0 Å². The van der Waals surface area contributed by atoms with Gasteiger partial charge in [0.2, 0.25) is 5.91 Å². The Labute approximate surface area is 194 Å². The molecule has 1 atom stereocenters. The van der Waals surface area contributed by atoms with E-state index in [1.165, 1.54) is 5.56 Å². The SMILES string of the molecule is CN(C)C(=O)c1cc(C2CCN(C(=O)C3CN(Cc4ccccc4)C3)C2)nc2ccccc12. The molecule has 1 aromatic heterocycles. The Balaban J connectivity index is 1.26. The van der Waals surface area contributed by atoms with Crippen molar-refractivity contribution in [2.45, 2.75) is 18.9 Å². The summed E-state index contributed by atoms with van der Waals surface area (Å²) < 4.78 is 0. The summed E-state index contributed by atoms with van der Waals surface area (Å²) in [6.07, 6.45) is 0.882. The standard InChI is InChI=1S/C27H30N4O2/c1-29(2)27(33)23-14-25(28-24-11-7-6-10-22(23)24)20-12-13-31(18-20)26(32)21-16-30(17-21)15-19-8-4-3-5-9-19/h3-11,14,20-21H,12-13,15-18H2,1-2H3. The maximum Gasteiger partial charge on any atom is 0.254 e. The minimum absolute atomic E-state index is 0.0197. The lowest BCUT2D eigenvalue weighted by Crippen LogP contribution is -2.53. The van der Waals surface area contributed by atoms with Crippen LogP contribution >= 0.6 is 0 Å². The lowest BCUT2D eigenvalue weighted by atomic mass is 9.97. The van der Waals surface area contributed by atoms with Crippen LogP contribution in [0.5, 0.6) is 0 Å². The van der Waals surface area contributed by atoms with Crippen molar-refractivity contribution in [2.24, 2.45) is 5.92 Å². The Morgan fingerprint density at radius 2 is 1.73 bits per heavy atom. The quantitative estimate of drug-likeness (QED) is 0.608. The average molecular weight is 443 g/mol. The van der Waals surface area contributed by atoms with E-state index < -0.39 is 0 Å². The molecule has 3 heterocycles. The maximum absolute atomic E-state index is 13.1. The van der Waals surface area contributed by atoms with Gasteiger partial charge in [0.1, 0.15) is 0 Å². The number of aromatic nitrogens is 1. The molecule has 3 aromatic rings. The molecule has 2 aromatic carbocycles. The van der Waals surface area contributed by atoms with Crippen LogP contribution in [0.4, 0.5) is 0 Å². The summed E-state index contributed by atoms with van der Waals surface area (Å²) in [5, 5.41) is 0.874. The van der Waals surface area contributed by atoms with Crippen LogP contribution in [0.15, 0.2) is 60.7 Å². The van der Waals surface area contributed by atoms with E-state index in [9.17, 15) is 9.59 Å². The third-order valence-electron chi connectivity index (χ3n) is 6.85. The molecular formula is C27H30N4O2. The van der Waals surface area contributed by atoms with Crippen LogP contribution in [0, 0.1) is 5.92 Å². The third-order valence-corrected chi connectivity index (χ3v) is 6.85. The zero-order valence-corrected chi connectivity index (χ0v) is 19.3. The second-order valence-electron chi connectivity index (χ2n) is 9.46. The Hall–Kier alpha value is -3.25. The molecule has 5 rings (SSSR count). The van der Waals surface area contributed by atoms with Crippen LogP contribution in [0.1, 0.15) is 34.0 Å². The number of para-hydroxylation sites is 1. The number of benzene rings is 2. The van der Waals surface area contributed by atoms with Gasteiger partial charge in [-0.1, -0.05) is 48.5 Å². The van der Waals surface area contributed by atoms with E-state index in [2.05, 4.69) is 29.2 Å². The second-order valence-corrected chi connectivity index (χ2v) is 9.46. The smallest absolute Gasteiger partial charge is 0.254 e. The van der Waals surface area contributed by atoms with Gasteiger partial charge in [-0.15, -0.1) is 0 Å². The lowest BCUT2D eigenvalue weighted by Gasteiger charge is -2.40. The molecule has 2 aliphatic heterocycles. The predicted octanol–water partition coefficient (Wildman–Crippen LogP) is 3.38. The lowest BCUT2D eigenvalue weighted by molar-refractivity contribution is -0.140. The molecule has 2 fully saturated rings. The topological polar surface area (TPSA) is 56.8 Å². The number of hydrogen-bond acceptors (Lipinski definition) is 4. The van der Waals surface area contributed by atoms with Crippen molar-refractivity contribution < 1.29 is 9.59 Å². The van der Waals surface area contributed by atoms with E-state index >= 15 is 0 Å². The van der Waals surface area contributed by atoms with Gasteiger partial charge in [0.15, 0.2) is 0 Å². The van der Waals surface area contributed by atoms with Crippen LogP contribution in [-0.4, -0.2) is 71.8 Å². The Morgan fingerprint density at radius 3 is 2.48 bits per heavy atom. The molecule has 0 bridgehead atoms. The van der Waals surface area contributed by atoms with Gasteiger partial charge in [-0.2, -0.15) is 0 Å². The highest BCUT2D eigenvalue weighted by atomic mass is 16.2. The minimum Gasteiger partial charge on any atom is -0.345 e. The molecule has 0 aliphatic carbocycles. The molecule has 170 valence electrons. The van der Waals surface area contributed by atoms with Gasteiger partial charge < -0.3 is 9.80 Å². The van der Waals surface area contributed by atoms with Crippen molar-refractivity contribution >= 4 is 22.7 Å². The highest BCUT2D eigenvalue weighted by molar-refractivity contribution is 6.06. The second kappa shape index (κ2) is 8.94. The fourth-order valence-corrected chi connectivity index (χ4v) is 4.98. The normalized spacial score (nSPS) is 19.0. The van der Waals surface area contributed by atoms with Crippen LogP contribution in [-0.2, 0) is 11.3 Å². The number of hydrogen-bond donors (Lipinski definition) is 0. The van der Waals surface area contributed by atoms with E-state index in [0.717, 1.165) is 49.2 Å². The van der Waals surface area contributed by atoms with Gasteiger partial charge in [-0.25, -0.2) is 0 Å². The van der Waals surface area contributed by atoms with Crippen LogP contribution in [0.2, 0.25) is 0 Å². The number of carbonyl (C=O) groups excluding carboxylic acids is 2. The summed E-state index contributed by atoms with van der Waals surface area (Å²) in [4.78, 5) is 36.7. The minimum atomic E-state index is -0.0197. The molecular weight excluding hydrogens is 412 g/mol. The number of carbonyl (C=O) groups is 2. The fraction of sp³-hybridized carbons (Fsp3) is 0.370. The summed E-state index contributed by atoms with van der Waals surface area (Å²) in [5.74, 6) is 0.483. The summed E-state index contributed by atoms with van der Waals surface area (Å²) >= 11 is 0. The highest BCUT2D eigenvalue weighted by Gasteiger charge is 2.38. The molecule has 1 unspecified atom stereocenters. The monoisotopic (exact) mass is 442 g/mol. The van der Waals surface area contributed by atoms with E-state index in [1.807, 2.05) is 41.3 Å². The van der Waals surface area contributed by atoms with Gasteiger partial charge in [0.25, 0.3) is 5.91 Å². The number of amides is 2. The first-order valence-electron chi connectivity index (χ1n) is 11.7. The summed E-state index contributed by atoms with van der Waals surface area (Å²) in [7, 11) is 3.54. The number of likely N-dealkylation sites (tertiary alicyclic amines) is 2. The van der Waals surface area contributed by atoms with Crippen molar-refractivity contribution in [2.75, 3.05) is 40.3 Å². The largest absolute Gasteiger partial charge is 0.345 e. The van der Waals surface area contributed by atoms with Crippen molar-refractivity contribution in [1.82, 2.24) is 19.7 Å². The van der Waals surface area contributed by atoms with Gasteiger partial charge in [0, 0.05) is 63.8 Å². The Morgan fingerprint density at radius 1 is 1.00 bits per heavy atom. The van der Waals surface area contributed by atoms with E-state index in [0.29, 0.717) is 12.1 Å². The summed E-state index contributed by atoms with van der Waals surface area (Å²) in [6.45, 7) is 3.98. The number of pyridine rings is 1. The van der Waals surface area contributed by atoms with Gasteiger partial charge in [-0.05, 0) is 24.1 Å². The van der Waals surface area contributed by atoms with E-state index in [-0.39, 0.29) is 23.7 Å². The number of nitrogens with zero attached hydrogens (tertiary/aromatic N) is 4. The maximum atomic E-state index is 13.1. The summed E-state index contributed by atoms with van der Waals surface area (Å²) in [6, 6.07) is 20.1. The Bertz CT molecular complexity index is 1170. The Kier molecular flexibility index (Phi) is 5.85. The van der Waals surface area contributed by atoms with Crippen LogP contribution < -0.4 is 0 Å². The average Bonchev–Trinajstić information content (AvgIpc) is 3.30. The van der Waals surface area contributed by atoms with Crippen molar-refractivity contribution in [1.29, 1.82) is 0 Å². The molecule has 0 radical (unpaired) electrons. The van der Waals surface area contributed by atoms with Gasteiger partial charge in [-0.3, -0.25) is 19.5 Å². The molecule has 0 spiro atoms. The molecule has 2 amide bonds. The third kappa shape index (κ3) is 4.35. The summed E-state index contributed by atoms with van der Waals surface area (Å²) in [5.41, 5.74) is 3.71. The molecule has 0 saturated carbocycles. The molecule has 2 saturated heterocycles. The molecule has 33 heavy (non-hydrogen) atoms. The first-order chi connectivity index (χ1) is 16.0. The highest BCUT2D eigenvalue weighted by Crippen LogP contribution is 2.31. The first-order valence-corrected chi connectivity index (χ1v) is 11.7. The molecule has 6 heteroatoms. The van der Waals surface area contributed by atoms with Crippen molar-refractivity contribution in [3.05, 3.63) is 77.5 Å². The number of fused-ring (bicyclic) bond motifs is 1. The van der Waals surface area contributed by atoms with Crippen molar-refractivity contribution in [3.63, 3.8) is 0 Å². The fourth-order valence-electron chi connectivity index (χ4n) is 4.98. The molecule has 6 nitrogen and oxygen atoms in total. The zero-order valence-electron chi connectivity index (χ0n) is 19.3. The van der Waals surface area contributed by atoms with Crippen LogP contribution in [0.3, 0.4) is 0 Å². The molecule has 0 N–H and O–H groups in total. The van der Waals surface area contributed by atoms with Crippen LogP contribution in [0.25, 0.3) is 10.9 Å². The van der Waals surface area contributed by atoms with Crippen molar-refractivity contribution in [3.8, 4) is 0 Å². The number of rotatable bonds is 5. The molecule has 2 aliphatic rings. The van der Waals surface area contributed by atoms with E-state index in [1.54, 1.807) is 19.0 Å². The van der Waals surface area contributed by atoms with Gasteiger partial charge >= 0.3 is 0 Å². The first kappa shape index (κ1) is 21.6. The van der Waals surface area contributed by atoms with E-state index in [4.69, 9.17) is 4.98 Å².